The van der Waals surface area contributed by atoms with Crippen molar-refractivity contribution in [1.29, 1.82) is 0 Å². The Bertz CT molecular complexity index is 1890. The molecule has 0 radical (unpaired) electrons. The third-order valence-corrected chi connectivity index (χ3v) is 7.77. The number of phenols is 1. The van der Waals surface area contributed by atoms with Crippen molar-refractivity contribution in [1.82, 2.24) is 0 Å². The fraction of sp³-hybridized carbons (Fsp3) is 0. The molecular formula is C21H14O16S3. The number of hydrogen-bond donors (Lipinski definition) is 5. The van der Waals surface area contributed by atoms with Crippen molar-refractivity contribution >= 4 is 48.3 Å². The Balaban J connectivity index is 1.99. The van der Waals surface area contributed by atoms with Crippen molar-refractivity contribution in [2.75, 3.05) is 0 Å². The second-order valence-electron chi connectivity index (χ2n) is 7.48. The van der Waals surface area contributed by atoms with Gasteiger partial charge in [0.15, 0.2) is 5.75 Å². The van der Waals surface area contributed by atoms with E-state index < -0.39 is 96.9 Å². The molecule has 0 aromatic heterocycles. The maximum Gasteiger partial charge on any atom is 0.347 e. The van der Waals surface area contributed by atoms with Crippen molar-refractivity contribution in [2.24, 2.45) is 0 Å². The minimum Gasteiger partial charge on any atom is -0.507 e. The Hall–Kier alpha value is -4.56. The van der Waals surface area contributed by atoms with Crippen molar-refractivity contribution in [3.63, 3.8) is 0 Å². The molecule has 0 aliphatic carbocycles. The molecule has 0 saturated heterocycles. The fourth-order valence-electron chi connectivity index (χ4n) is 2.99. The molecule has 5 N–H and O–H groups in total. The number of aromatic hydroxyl groups is 1. The molecular weight excluding hydrogens is 604 g/mol. The molecule has 16 nitrogen and oxygen atoms in total. The van der Waals surface area contributed by atoms with Gasteiger partial charge in [-0.15, -0.1) is 0 Å². The minimum absolute atomic E-state index is 0.426. The molecule has 19 heteroatoms. The number of aromatic carboxylic acids is 2. The van der Waals surface area contributed by atoms with Crippen LogP contribution < -0.4 is 8.92 Å². The fourth-order valence-corrected chi connectivity index (χ4v) is 4.98. The number of benzene rings is 3. The van der Waals surface area contributed by atoms with Crippen LogP contribution in [0.2, 0.25) is 0 Å². The normalized spacial score (nSPS) is 11.9. The van der Waals surface area contributed by atoms with Crippen LogP contribution in [-0.4, -0.2) is 67.6 Å². The Morgan fingerprint density at radius 2 is 1.02 bits per heavy atom. The van der Waals surface area contributed by atoms with Crippen molar-refractivity contribution < 1.29 is 73.0 Å². The first-order chi connectivity index (χ1) is 18.3. The summed E-state index contributed by atoms with van der Waals surface area (Å²) in [5.74, 6) is -7.64. The molecule has 3 aromatic rings. The molecule has 40 heavy (non-hydrogen) atoms. The second kappa shape index (κ2) is 10.5. The Morgan fingerprint density at radius 1 is 0.600 bits per heavy atom. The first-order valence-corrected chi connectivity index (χ1v) is 14.3. The van der Waals surface area contributed by atoms with Gasteiger partial charge in [0.25, 0.3) is 20.2 Å². The molecule has 0 atom stereocenters. The number of carboxylic acids is 2. The SMILES string of the molecule is O=C(Oc1ccc(S(=O)(=O)O)cc1C(=O)O)c1cc(S(=O)(=O)Oc2ccc(S(=O)(=O)O)cc2C(=O)O)ccc1O. The summed E-state index contributed by atoms with van der Waals surface area (Å²) in [6, 6.07) is 5.54. The average molecular weight is 619 g/mol. The molecule has 212 valence electrons. The second-order valence-corrected chi connectivity index (χ2v) is 11.9. The van der Waals surface area contributed by atoms with Crippen LogP contribution in [0.15, 0.2) is 69.3 Å². The quantitative estimate of drug-likeness (QED) is 0.0977. The van der Waals surface area contributed by atoms with E-state index >= 15 is 0 Å². The number of carbonyl (C=O) groups excluding carboxylic acids is 1. The zero-order chi connectivity index (χ0) is 30.2. The van der Waals surface area contributed by atoms with E-state index in [0.717, 1.165) is 6.07 Å². The smallest absolute Gasteiger partial charge is 0.347 e. The van der Waals surface area contributed by atoms with E-state index in [1.165, 1.54) is 0 Å². The lowest BCUT2D eigenvalue weighted by Gasteiger charge is -2.12. The van der Waals surface area contributed by atoms with Crippen molar-refractivity contribution in [2.45, 2.75) is 14.7 Å². The van der Waals surface area contributed by atoms with Gasteiger partial charge in [-0.1, -0.05) is 0 Å². The number of carboxylic acid groups (broad SMARTS) is 2. The Labute approximate surface area is 224 Å². The van der Waals surface area contributed by atoms with Gasteiger partial charge in [0.1, 0.15) is 33.1 Å². The highest BCUT2D eigenvalue weighted by molar-refractivity contribution is 7.87. The summed E-state index contributed by atoms with van der Waals surface area (Å²) in [5.41, 5.74) is -2.74. The zero-order valence-corrected chi connectivity index (χ0v) is 21.6. The summed E-state index contributed by atoms with van der Waals surface area (Å²) in [4.78, 5) is 33.1. The largest absolute Gasteiger partial charge is 0.507 e. The molecule has 0 spiro atoms. The molecule has 0 unspecified atom stereocenters. The zero-order valence-electron chi connectivity index (χ0n) is 19.1. The molecule has 0 heterocycles. The van der Waals surface area contributed by atoms with E-state index in [-0.39, 0.29) is 0 Å². The molecule has 0 saturated carbocycles. The van der Waals surface area contributed by atoms with Crippen LogP contribution in [0.1, 0.15) is 31.1 Å². The lowest BCUT2D eigenvalue weighted by Crippen LogP contribution is -2.16. The summed E-state index contributed by atoms with van der Waals surface area (Å²) < 4.78 is 98.5. The van der Waals surface area contributed by atoms with Gasteiger partial charge >= 0.3 is 28.0 Å². The molecule has 0 amide bonds. The predicted molar refractivity (Wildman–Crippen MR) is 127 cm³/mol. The van der Waals surface area contributed by atoms with E-state index in [1.807, 2.05) is 0 Å². The van der Waals surface area contributed by atoms with Gasteiger partial charge in [0.05, 0.1) is 9.79 Å². The number of esters is 1. The predicted octanol–water partition coefficient (Wildman–Crippen LogP) is 1.27. The van der Waals surface area contributed by atoms with Crippen molar-refractivity contribution in [3.05, 3.63) is 71.3 Å². The Morgan fingerprint density at radius 3 is 1.50 bits per heavy atom. The lowest BCUT2D eigenvalue weighted by molar-refractivity contribution is 0.0671. The number of hydrogen-bond acceptors (Lipinski definition) is 12. The van der Waals surface area contributed by atoms with Crippen LogP contribution in [0.3, 0.4) is 0 Å². The average Bonchev–Trinajstić information content (AvgIpc) is 2.82. The van der Waals surface area contributed by atoms with Gasteiger partial charge < -0.3 is 24.2 Å². The van der Waals surface area contributed by atoms with E-state index in [9.17, 15) is 55.0 Å². The van der Waals surface area contributed by atoms with Crippen LogP contribution in [0.4, 0.5) is 0 Å². The van der Waals surface area contributed by atoms with E-state index in [1.54, 1.807) is 0 Å². The highest BCUT2D eigenvalue weighted by Gasteiger charge is 2.27. The number of carbonyl (C=O) groups is 3. The van der Waals surface area contributed by atoms with E-state index in [4.69, 9.17) is 18.0 Å². The third-order valence-electron chi connectivity index (χ3n) is 4.84. The number of rotatable bonds is 9. The van der Waals surface area contributed by atoms with E-state index in [2.05, 4.69) is 0 Å². The van der Waals surface area contributed by atoms with E-state index in [0.29, 0.717) is 48.5 Å². The molecule has 0 aliphatic rings. The van der Waals surface area contributed by atoms with Gasteiger partial charge in [-0.05, 0) is 54.6 Å². The van der Waals surface area contributed by atoms with Gasteiger partial charge in [-0.25, -0.2) is 14.4 Å². The summed E-state index contributed by atoms with van der Waals surface area (Å²) in [7, 11) is -14.7. The first-order valence-electron chi connectivity index (χ1n) is 10.0. The van der Waals surface area contributed by atoms with Gasteiger partial charge in [0, 0.05) is 0 Å². The number of phenolic OH excluding ortho intramolecular Hbond substituents is 1. The number of ether oxygens (including phenoxy) is 1. The van der Waals surface area contributed by atoms with Crippen molar-refractivity contribution in [3.8, 4) is 17.2 Å². The summed E-state index contributed by atoms with van der Waals surface area (Å²) >= 11 is 0. The maximum absolute atomic E-state index is 12.8. The van der Waals surface area contributed by atoms with Crippen LogP contribution >= 0.6 is 0 Å². The van der Waals surface area contributed by atoms with Crippen LogP contribution in [-0.2, 0) is 30.4 Å². The molecule has 0 bridgehead atoms. The first kappa shape index (κ1) is 30.0. The standard InChI is InChI=1S/C21H14O16S3/c22-16-4-1-12(40(34,35)37-18-6-3-11(39(31,32)33)8-15(18)20(25)26)9-13(16)21(27)36-17-5-2-10(38(28,29)30)7-14(17)19(23)24/h1-9,22H,(H,23,24)(H,25,26)(H,28,29,30)(H,31,32,33). The highest BCUT2D eigenvalue weighted by Crippen LogP contribution is 2.30. The monoisotopic (exact) mass is 618 g/mol. The highest BCUT2D eigenvalue weighted by atomic mass is 32.2. The van der Waals surface area contributed by atoms with Crippen LogP contribution in [0, 0.1) is 0 Å². The minimum atomic E-state index is -4.99. The maximum atomic E-state index is 12.8. The molecule has 0 fully saturated rings. The third kappa shape index (κ3) is 6.52. The van der Waals surface area contributed by atoms with Gasteiger partial charge in [-0.2, -0.15) is 25.3 Å². The Kier molecular flexibility index (Phi) is 7.90. The van der Waals surface area contributed by atoms with Crippen LogP contribution in [0.5, 0.6) is 17.2 Å². The van der Waals surface area contributed by atoms with Gasteiger partial charge in [-0.3, -0.25) is 9.11 Å². The summed E-state index contributed by atoms with van der Waals surface area (Å²) in [6.07, 6.45) is 0. The topological polar surface area (TPSA) is 273 Å². The molecule has 3 rings (SSSR count). The molecule has 0 aliphatic heterocycles. The van der Waals surface area contributed by atoms with Gasteiger partial charge in [0.2, 0.25) is 0 Å². The summed E-state index contributed by atoms with van der Waals surface area (Å²) in [6.45, 7) is 0. The molecule has 3 aromatic carbocycles. The summed E-state index contributed by atoms with van der Waals surface area (Å²) in [5, 5.41) is 28.7. The van der Waals surface area contributed by atoms with Crippen LogP contribution in [0.25, 0.3) is 0 Å². The lowest BCUT2D eigenvalue weighted by atomic mass is 10.2.